The van der Waals surface area contributed by atoms with Gasteiger partial charge in [0.05, 0.1) is 13.2 Å². The van der Waals surface area contributed by atoms with Crippen LogP contribution in [0.5, 0.6) is 5.75 Å². The van der Waals surface area contributed by atoms with Crippen molar-refractivity contribution >= 4 is 17.5 Å². The van der Waals surface area contributed by atoms with Crippen molar-refractivity contribution in [3.8, 4) is 5.75 Å². The van der Waals surface area contributed by atoms with Crippen LogP contribution >= 0.6 is 11.6 Å². The average molecular weight is 337 g/mol. The molecular formula is C18H25ClN2O2. The largest absolute Gasteiger partial charge is 0.496 e. The molecule has 126 valence electrons. The minimum Gasteiger partial charge on any atom is -0.496 e. The van der Waals surface area contributed by atoms with E-state index in [4.69, 9.17) is 16.3 Å². The third-order valence-corrected chi connectivity index (χ3v) is 4.59. The van der Waals surface area contributed by atoms with Crippen molar-refractivity contribution in [3.05, 3.63) is 40.4 Å². The molecule has 0 spiro atoms. The summed E-state index contributed by atoms with van der Waals surface area (Å²) in [6.45, 7) is 0.745. The number of ether oxygens (including phenoxy) is 1. The molecular weight excluding hydrogens is 312 g/mol. The quantitative estimate of drug-likeness (QED) is 0.773. The summed E-state index contributed by atoms with van der Waals surface area (Å²) in [7, 11) is 7.47. The molecule has 0 heterocycles. The van der Waals surface area contributed by atoms with Gasteiger partial charge in [0, 0.05) is 35.8 Å². The second kappa shape index (κ2) is 7.84. The number of carbonyl (C=O) groups is 1. The maximum Gasteiger partial charge on any atom is 0.246 e. The maximum absolute atomic E-state index is 12.4. The molecule has 2 rings (SSSR count). The third kappa shape index (κ3) is 4.06. The zero-order chi connectivity index (χ0) is 17.0. The molecule has 0 N–H and O–H groups in total. The molecule has 0 aromatic heterocycles. The molecule has 1 aliphatic rings. The molecule has 0 bridgehead atoms. The molecule has 23 heavy (non-hydrogen) atoms. The van der Waals surface area contributed by atoms with Gasteiger partial charge in [0.15, 0.2) is 0 Å². The molecule has 4 nitrogen and oxygen atoms in total. The molecule has 1 atom stereocenters. The first-order chi connectivity index (χ1) is 11.0. The number of carbonyl (C=O) groups excluding carboxylic acids is 1. The second-order valence-electron chi connectivity index (χ2n) is 6.16. The molecule has 0 aliphatic heterocycles. The van der Waals surface area contributed by atoms with E-state index in [2.05, 4.69) is 0 Å². The molecule has 1 aliphatic carbocycles. The molecule has 0 saturated heterocycles. The Kier molecular flexibility index (Phi) is 6.08. The number of benzene rings is 1. The Hall–Kier alpha value is -1.52. The van der Waals surface area contributed by atoms with Crippen LogP contribution in [0.2, 0.25) is 5.02 Å². The number of nitrogens with zero attached hydrogens (tertiary/aromatic N) is 2. The number of halogens is 1. The van der Waals surface area contributed by atoms with Crippen molar-refractivity contribution in [1.29, 1.82) is 0 Å². The van der Waals surface area contributed by atoms with Crippen molar-refractivity contribution < 1.29 is 9.53 Å². The lowest BCUT2D eigenvalue weighted by atomic mass is 9.86. The summed E-state index contributed by atoms with van der Waals surface area (Å²) in [6, 6.07) is 3.76. The van der Waals surface area contributed by atoms with Gasteiger partial charge in [-0.25, -0.2) is 0 Å². The van der Waals surface area contributed by atoms with E-state index in [1.165, 1.54) is 0 Å². The Balaban J connectivity index is 2.26. The smallest absolute Gasteiger partial charge is 0.246 e. The SMILES string of the molecule is COc1ccc(Cl)c2c1CCCC2N(C)C(=O)/C=C/CN(C)C. The normalized spacial score (nSPS) is 17.4. The number of rotatable bonds is 5. The zero-order valence-electron chi connectivity index (χ0n) is 14.3. The van der Waals surface area contributed by atoms with Gasteiger partial charge in [0.1, 0.15) is 5.75 Å². The van der Waals surface area contributed by atoms with Crippen LogP contribution in [0.25, 0.3) is 0 Å². The Morgan fingerprint density at radius 3 is 2.78 bits per heavy atom. The summed E-state index contributed by atoms with van der Waals surface area (Å²) >= 11 is 6.44. The van der Waals surface area contributed by atoms with Crippen LogP contribution in [0.3, 0.4) is 0 Å². The van der Waals surface area contributed by atoms with Crippen molar-refractivity contribution in [3.63, 3.8) is 0 Å². The highest BCUT2D eigenvalue weighted by molar-refractivity contribution is 6.31. The fraction of sp³-hybridized carbons (Fsp3) is 0.500. The van der Waals surface area contributed by atoms with Crippen LogP contribution in [0.1, 0.15) is 30.0 Å². The molecule has 1 aromatic rings. The number of hydrogen-bond donors (Lipinski definition) is 0. The standard InChI is InChI=1S/C18H25ClN2O2/c1-20(2)12-6-9-17(22)21(3)15-8-5-7-13-16(23-4)11-10-14(19)18(13)15/h6,9-11,15H,5,7-8,12H2,1-4H3/b9-6+. The second-order valence-corrected chi connectivity index (χ2v) is 6.57. The number of fused-ring (bicyclic) bond motifs is 1. The average Bonchev–Trinajstić information content (AvgIpc) is 2.53. The van der Waals surface area contributed by atoms with Crippen LogP contribution in [-0.2, 0) is 11.2 Å². The van der Waals surface area contributed by atoms with Gasteiger partial charge in [-0.05, 0) is 45.5 Å². The molecule has 0 radical (unpaired) electrons. The van der Waals surface area contributed by atoms with E-state index in [1.807, 2.05) is 44.3 Å². The van der Waals surface area contributed by atoms with Crippen LogP contribution < -0.4 is 4.74 Å². The summed E-state index contributed by atoms with van der Waals surface area (Å²) in [6.07, 6.45) is 6.41. The van der Waals surface area contributed by atoms with Crippen molar-refractivity contribution in [2.75, 3.05) is 34.8 Å². The Morgan fingerprint density at radius 2 is 2.13 bits per heavy atom. The van der Waals surface area contributed by atoms with E-state index in [1.54, 1.807) is 18.1 Å². The Labute approximate surface area is 143 Å². The molecule has 1 amide bonds. The van der Waals surface area contributed by atoms with Crippen LogP contribution in [0.4, 0.5) is 0 Å². The van der Waals surface area contributed by atoms with Crippen LogP contribution in [-0.4, -0.2) is 50.5 Å². The summed E-state index contributed by atoms with van der Waals surface area (Å²) < 4.78 is 5.47. The molecule has 5 heteroatoms. The predicted molar refractivity (Wildman–Crippen MR) is 94.1 cm³/mol. The lowest BCUT2D eigenvalue weighted by molar-refractivity contribution is -0.127. The number of likely N-dealkylation sites (N-methyl/N-ethyl adjacent to an activating group) is 2. The fourth-order valence-corrected chi connectivity index (χ4v) is 3.37. The van der Waals surface area contributed by atoms with Gasteiger partial charge in [-0.15, -0.1) is 0 Å². The first-order valence-electron chi connectivity index (χ1n) is 7.89. The zero-order valence-corrected chi connectivity index (χ0v) is 15.1. The van der Waals surface area contributed by atoms with E-state index >= 15 is 0 Å². The highest BCUT2D eigenvalue weighted by atomic mass is 35.5. The van der Waals surface area contributed by atoms with Crippen molar-refractivity contribution in [1.82, 2.24) is 9.80 Å². The monoisotopic (exact) mass is 336 g/mol. The van der Waals surface area contributed by atoms with Gasteiger partial charge in [-0.2, -0.15) is 0 Å². The van der Waals surface area contributed by atoms with E-state index in [0.29, 0.717) is 5.02 Å². The lowest BCUT2D eigenvalue weighted by Gasteiger charge is -2.34. The van der Waals surface area contributed by atoms with Gasteiger partial charge in [-0.1, -0.05) is 17.7 Å². The molecule has 0 fully saturated rings. The molecule has 0 saturated carbocycles. The number of amides is 1. The van der Waals surface area contributed by atoms with Crippen LogP contribution in [0.15, 0.2) is 24.3 Å². The van der Waals surface area contributed by atoms with Gasteiger partial charge in [0.2, 0.25) is 5.91 Å². The van der Waals surface area contributed by atoms with E-state index in [9.17, 15) is 4.79 Å². The molecule has 1 unspecified atom stereocenters. The number of hydrogen-bond acceptors (Lipinski definition) is 3. The van der Waals surface area contributed by atoms with Gasteiger partial charge >= 0.3 is 0 Å². The van der Waals surface area contributed by atoms with Crippen molar-refractivity contribution in [2.24, 2.45) is 0 Å². The maximum atomic E-state index is 12.4. The van der Waals surface area contributed by atoms with E-state index in [0.717, 1.165) is 42.7 Å². The molecule has 1 aromatic carbocycles. The van der Waals surface area contributed by atoms with Crippen LogP contribution in [0, 0.1) is 0 Å². The van der Waals surface area contributed by atoms with E-state index < -0.39 is 0 Å². The highest BCUT2D eigenvalue weighted by Gasteiger charge is 2.29. The van der Waals surface area contributed by atoms with Gasteiger partial charge in [-0.3, -0.25) is 4.79 Å². The van der Waals surface area contributed by atoms with Gasteiger partial charge < -0.3 is 14.5 Å². The Bertz CT molecular complexity index is 599. The summed E-state index contributed by atoms with van der Waals surface area (Å²) in [5, 5.41) is 0.711. The van der Waals surface area contributed by atoms with Crippen molar-refractivity contribution in [2.45, 2.75) is 25.3 Å². The first kappa shape index (κ1) is 17.8. The minimum atomic E-state index is -0.00199. The Morgan fingerprint density at radius 1 is 1.39 bits per heavy atom. The fourth-order valence-electron chi connectivity index (χ4n) is 3.06. The van der Waals surface area contributed by atoms with Gasteiger partial charge in [0.25, 0.3) is 0 Å². The predicted octanol–water partition coefficient (Wildman–Crippen LogP) is 3.30. The summed E-state index contributed by atoms with van der Waals surface area (Å²) in [4.78, 5) is 16.2. The first-order valence-corrected chi connectivity index (χ1v) is 8.26. The number of methoxy groups -OCH3 is 1. The minimum absolute atomic E-state index is 0.00199. The highest BCUT2D eigenvalue weighted by Crippen LogP contribution is 2.42. The third-order valence-electron chi connectivity index (χ3n) is 4.26. The topological polar surface area (TPSA) is 32.8 Å². The lowest BCUT2D eigenvalue weighted by Crippen LogP contribution is -2.32. The van der Waals surface area contributed by atoms with E-state index in [-0.39, 0.29) is 11.9 Å². The summed E-state index contributed by atoms with van der Waals surface area (Å²) in [5.41, 5.74) is 2.17. The summed E-state index contributed by atoms with van der Waals surface area (Å²) in [5.74, 6) is 0.863.